The lowest BCUT2D eigenvalue weighted by molar-refractivity contribution is -0.115. The molecular formula is C22H22FN3O3. The van der Waals surface area contributed by atoms with Crippen LogP contribution in [-0.2, 0) is 16.0 Å². The molecule has 3 aromatic rings. The van der Waals surface area contributed by atoms with Crippen LogP contribution in [-0.4, -0.2) is 37.2 Å². The Kier molecular flexibility index (Phi) is 5.57. The number of morpholine rings is 1. The quantitative estimate of drug-likeness (QED) is 0.712. The van der Waals surface area contributed by atoms with E-state index in [0.29, 0.717) is 24.7 Å². The number of aryl methyl sites for hydroxylation is 1. The van der Waals surface area contributed by atoms with Crippen LogP contribution in [0.4, 0.5) is 15.8 Å². The number of rotatable bonds is 5. The number of benzene rings is 2. The second kappa shape index (κ2) is 8.45. The molecule has 29 heavy (non-hydrogen) atoms. The summed E-state index contributed by atoms with van der Waals surface area (Å²) in [5.41, 5.74) is 2.48. The van der Waals surface area contributed by atoms with Crippen LogP contribution < -0.4 is 10.2 Å². The van der Waals surface area contributed by atoms with E-state index < -0.39 is 5.82 Å². The predicted octanol–water partition coefficient (Wildman–Crippen LogP) is 3.81. The molecule has 0 atom stereocenters. The fourth-order valence-electron chi connectivity index (χ4n) is 3.35. The van der Waals surface area contributed by atoms with Crippen molar-refractivity contribution >= 4 is 17.3 Å². The minimum absolute atomic E-state index is 0.0429. The van der Waals surface area contributed by atoms with Crippen molar-refractivity contribution < 1.29 is 18.3 Å². The van der Waals surface area contributed by atoms with Crippen LogP contribution in [0.3, 0.4) is 0 Å². The number of anilines is 2. The number of para-hydroxylation sites is 2. The van der Waals surface area contributed by atoms with Crippen LogP contribution >= 0.6 is 0 Å². The van der Waals surface area contributed by atoms with Crippen LogP contribution in [0.1, 0.15) is 11.5 Å². The number of carbonyl (C=O) groups is 1. The highest BCUT2D eigenvalue weighted by Gasteiger charge is 2.19. The summed E-state index contributed by atoms with van der Waals surface area (Å²) in [6.07, 6.45) is 0.0429. The van der Waals surface area contributed by atoms with Crippen molar-refractivity contribution in [3.63, 3.8) is 0 Å². The van der Waals surface area contributed by atoms with Gasteiger partial charge in [0.2, 0.25) is 11.8 Å². The molecule has 0 saturated carbocycles. The van der Waals surface area contributed by atoms with Crippen LogP contribution in [0.15, 0.2) is 52.9 Å². The van der Waals surface area contributed by atoms with E-state index in [1.54, 1.807) is 25.1 Å². The van der Waals surface area contributed by atoms with E-state index in [2.05, 4.69) is 15.2 Å². The Morgan fingerprint density at radius 3 is 2.66 bits per heavy atom. The molecule has 150 valence electrons. The number of nitrogens with zero attached hydrogens (tertiary/aromatic N) is 2. The summed E-state index contributed by atoms with van der Waals surface area (Å²) >= 11 is 0. The molecule has 0 radical (unpaired) electrons. The number of ether oxygens (including phenoxy) is 1. The third-order valence-corrected chi connectivity index (χ3v) is 4.85. The molecular weight excluding hydrogens is 373 g/mol. The molecule has 0 aliphatic carbocycles. The lowest BCUT2D eigenvalue weighted by Crippen LogP contribution is -2.36. The maximum absolute atomic E-state index is 14.0. The minimum Gasteiger partial charge on any atom is -0.441 e. The third kappa shape index (κ3) is 4.30. The Bertz CT molecular complexity index is 1010. The standard InChI is InChI=1S/C22H22FN3O3/c1-15-19(25-22(29-15)16-6-2-3-7-17(16)23)14-21(27)24-18-8-4-5-9-20(18)26-10-12-28-13-11-26/h2-9H,10-14H2,1H3,(H,24,27). The van der Waals surface area contributed by atoms with Gasteiger partial charge >= 0.3 is 0 Å². The first-order valence-electron chi connectivity index (χ1n) is 9.54. The molecule has 1 aliphatic rings. The van der Waals surface area contributed by atoms with Gasteiger partial charge in [-0.2, -0.15) is 0 Å². The number of aromatic nitrogens is 1. The zero-order valence-corrected chi connectivity index (χ0v) is 16.2. The largest absolute Gasteiger partial charge is 0.441 e. The van der Waals surface area contributed by atoms with Gasteiger partial charge in [0, 0.05) is 13.1 Å². The predicted molar refractivity (Wildman–Crippen MR) is 108 cm³/mol. The number of oxazole rings is 1. The Hall–Kier alpha value is -3.19. The van der Waals surface area contributed by atoms with E-state index in [1.807, 2.05) is 24.3 Å². The summed E-state index contributed by atoms with van der Waals surface area (Å²) in [7, 11) is 0. The van der Waals surface area contributed by atoms with Crippen LogP contribution in [0.2, 0.25) is 0 Å². The molecule has 0 unspecified atom stereocenters. The number of nitrogens with one attached hydrogen (secondary N) is 1. The second-order valence-electron chi connectivity index (χ2n) is 6.84. The summed E-state index contributed by atoms with van der Waals surface area (Å²) < 4.78 is 25.0. The summed E-state index contributed by atoms with van der Waals surface area (Å²) in [5.74, 6) is 0.0587. The first-order valence-corrected chi connectivity index (χ1v) is 9.54. The van der Waals surface area contributed by atoms with Crippen LogP contribution in [0.25, 0.3) is 11.5 Å². The van der Waals surface area contributed by atoms with Gasteiger partial charge in [0.05, 0.1) is 42.3 Å². The van der Waals surface area contributed by atoms with E-state index in [4.69, 9.17) is 9.15 Å². The maximum Gasteiger partial charge on any atom is 0.230 e. The number of hydrogen-bond acceptors (Lipinski definition) is 5. The first-order chi connectivity index (χ1) is 14.1. The SMILES string of the molecule is Cc1oc(-c2ccccc2F)nc1CC(=O)Nc1ccccc1N1CCOCC1. The van der Waals surface area contributed by atoms with Crippen molar-refractivity contribution in [2.24, 2.45) is 0 Å². The molecule has 1 amide bonds. The van der Waals surface area contributed by atoms with E-state index in [9.17, 15) is 9.18 Å². The summed E-state index contributed by atoms with van der Waals surface area (Å²) in [6, 6.07) is 14.0. The van der Waals surface area contributed by atoms with Gasteiger partial charge in [0.1, 0.15) is 11.6 Å². The Morgan fingerprint density at radius 1 is 1.14 bits per heavy atom. The number of carbonyl (C=O) groups excluding carboxylic acids is 1. The van der Waals surface area contributed by atoms with Gasteiger partial charge in [-0.1, -0.05) is 24.3 Å². The third-order valence-electron chi connectivity index (χ3n) is 4.85. The smallest absolute Gasteiger partial charge is 0.230 e. The molecule has 2 aromatic carbocycles. The molecule has 1 fully saturated rings. The van der Waals surface area contributed by atoms with Gasteiger partial charge in [-0.15, -0.1) is 0 Å². The van der Waals surface area contributed by atoms with E-state index in [-0.39, 0.29) is 23.8 Å². The van der Waals surface area contributed by atoms with Gasteiger partial charge in [-0.05, 0) is 31.2 Å². The molecule has 1 aliphatic heterocycles. The zero-order chi connectivity index (χ0) is 20.2. The van der Waals surface area contributed by atoms with Crippen molar-refractivity contribution in [1.29, 1.82) is 0 Å². The highest BCUT2D eigenvalue weighted by Crippen LogP contribution is 2.27. The van der Waals surface area contributed by atoms with Crippen LogP contribution in [0, 0.1) is 12.7 Å². The summed E-state index contributed by atoms with van der Waals surface area (Å²) in [4.78, 5) is 19.2. The fourth-order valence-corrected chi connectivity index (χ4v) is 3.35. The van der Waals surface area contributed by atoms with E-state index in [0.717, 1.165) is 24.5 Å². The molecule has 1 aromatic heterocycles. The number of amides is 1. The fraction of sp³-hybridized carbons (Fsp3) is 0.273. The monoisotopic (exact) mass is 395 g/mol. The van der Waals surface area contributed by atoms with Crippen molar-refractivity contribution in [3.8, 4) is 11.5 Å². The number of hydrogen-bond donors (Lipinski definition) is 1. The van der Waals surface area contributed by atoms with Gasteiger partial charge in [0.15, 0.2) is 0 Å². The molecule has 0 spiro atoms. The summed E-state index contributed by atoms with van der Waals surface area (Å²) in [6.45, 7) is 4.61. The number of halogens is 1. The molecule has 2 heterocycles. The molecule has 1 N–H and O–H groups in total. The van der Waals surface area contributed by atoms with Crippen LogP contribution in [0.5, 0.6) is 0 Å². The Balaban J connectivity index is 1.49. The molecule has 0 bridgehead atoms. The Labute approximate surface area is 168 Å². The first kappa shape index (κ1) is 19.1. The Morgan fingerprint density at radius 2 is 1.86 bits per heavy atom. The normalized spacial score (nSPS) is 14.1. The lowest BCUT2D eigenvalue weighted by Gasteiger charge is -2.30. The second-order valence-corrected chi connectivity index (χ2v) is 6.84. The van der Waals surface area contributed by atoms with E-state index >= 15 is 0 Å². The minimum atomic E-state index is -0.413. The average Bonchev–Trinajstić information content (AvgIpc) is 3.09. The van der Waals surface area contributed by atoms with Crippen molar-refractivity contribution in [2.45, 2.75) is 13.3 Å². The topological polar surface area (TPSA) is 67.6 Å². The van der Waals surface area contributed by atoms with Crippen molar-refractivity contribution in [3.05, 3.63) is 65.8 Å². The lowest BCUT2D eigenvalue weighted by atomic mass is 10.2. The average molecular weight is 395 g/mol. The molecule has 4 rings (SSSR count). The van der Waals surface area contributed by atoms with E-state index in [1.165, 1.54) is 6.07 Å². The van der Waals surface area contributed by atoms with Crippen molar-refractivity contribution in [2.75, 3.05) is 36.5 Å². The summed E-state index contributed by atoms with van der Waals surface area (Å²) in [5, 5.41) is 2.97. The highest BCUT2D eigenvalue weighted by atomic mass is 19.1. The molecule has 6 nitrogen and oxygen atoms in total. The maximum atomic E-state index is 14.0. The van der Waals surface area contributed by atoms with Gasteiger partial charge in [0.25, 0.3) is 0 Å². The van der Waals surface area contributed by atoms with Gasteiger partial charge in [-0.3, -0.25) is 4.79 Å². The molecule has 7 heteroatoms. The van der Waals surface area contributed by atoms with Gasteiger partial charge < -0.3 is 19.4 Å². The van der Waals surface area contributed by atoms with Gasteiger partial charge in [-0.25, -0.2) is 9.37 Å². The highest BCUT2D eigenvalue weighted by molar-refractivity contribution is 5.95. The molecule has 1 saturated heterocycles. The zero-order valence-electron chi connectivity index (χ0n) is 16.2. The van der Waals surface area contributed by atoms with Crippen molar-refractivity contribution in [1.82, 2.24) is 4.98 Å².